The molecule has 0 saturated heterocycles. The van der Waals surface area contributed by atoms with E-state index < -0.39 is 4.92 Å². The van der Waals surface area contributed by atoms with E-state index in [-0.39, 0.29) is 17.7 Å². The zero-order valence-electron chi connectivity index (χ0n) is 14.9. The number of hydrogen-bond donors (Lipinski definition) is 2. The van der Waals surface area contributed by atoms with Gasteiger partial charge in [-0.1, -0.05) is 23.3 Å². The maximum absolute atomic E-state index is 11.0. The van der Waals surface area contributed by atoms with Gasteiger partial charge in [0, 0.05) is 29.8 Å². The number of nitrogens with zero attached hydrogens (tertiary/aromatic N) is 3. The molecule has 140 valence electrons. The summed E-state index contributed by atoms with van der Waals surface area (Å²) in [6, 6.07) is 12.0. The molecular weight excluding hydrogens is 350 g/mol. The monoisotopic (exact) mass is 369 g/mol. The molecule has 1 aromatic heterocycles. The molecule has 0 saturated carbocycles. The molecule has 0 spiro atoms. The molecule has 0 aliphatic carbocycles. The minimum Gasteiger partial charge on any atom is -0.497 e. The molecule has 0 fully saturated rings. The van der Waals surface area contributed by atoms with Gasteiger partial charge in [0.1, 0.15) is 5.75 Å². The van der Waals surface area contributed by atoms with Crippen LogP contribution in [0.3, 0.4) is 0 Å². The molecule has 3 N–H and O–H groups in total. The maximum atomic E-state index is 11.0. The van der Waals surface area contributed by atoms with Crippen molar-refractivity contribution in [2.24, 2.45) is 5.73 Å². The SMILES string of the molecule is COc1ccc(C(N)Cc2nnc(Nc3ccc(C)c([N+](=O)[O-])c3)o2)cc1. The molecule has 1 atom stereocenters. The highest BCUT2D eigenvalue weighted by molar-refractivity contribution is 5.59. The molecular formula is C18H19N5O4. The Bertz CT molecular complexity index is 939. The number of nitro groups is 1. The number of nitro benzene ring substituents is 1. The third-order valence-electron chi connectivity index (χ3n) is 4.06. The largest absolute Gasteiger partial charge is 0.497 e. The van der Waals surface area contributed by atoms with E-state index in [9.17, 15) is 10.1 Å². The van der Waals surface area contributed by atoms with Gasteiger partial charge >= 0.3 is 6.01 Å². The third kappa shape index (κ3) is 4.39. The first-order valence-corrected chi connectivity index (χ1v) is 8.20. The average molecular weight is 369 g/mol. The smallest absolute Gasteiger partial charge is 0.320 e. The van der Waals surface area contributed by atoms with Crippen LogP contribution in [0, 0.1) is 17.0 Å². The lowest BCUT2D eigenvalue weighted by Gasteiger charge is -2.10. The fraction of sp³-hybridized carbons (Fsp3) is 0.222. The standard InChI is InChI=1S/C18H19N5O4/c1-11-3-6-13(9-16(11)23(24)25)20-18-22-21-17(27-18)10-15(19)12-4-7-14(26-2)8-5-12/h3-9,15H,10,19H2,1-2H3,(H,20,22). The van der Waals surface area contributed by atoms with Crippen molar-refractivity contribution < 1.29 is 14.1 Å². The van der Waals surface area contributed by atoms with Crippen LogP contribution < -0.4 is 15.8 Å². The average Bonchev–Trinajstić information content (AvgIpc) is 3.10. The number of nitrogens with two attached hydrogens (primary N) is 1. The van der Waals surface area contributed by atoms with E-state index in [4.69, 9.17) is 14.9 Å². The Morgan fingerprint density at radius 1 is 1.26 bits per heavy atom. The maximum Gasteiger partial charge on any atom is 0.320 e. The molecule has 9 heteroatoms. The van der Waals surface area contributed by atoms with E-state index in [1.54, 1.807) is 26.2 Å². The Hall–Kier alpha value is -3.46. The number of rotatable bonds is 7. The first-order chi connectivity index (χ1) is 13.0. The summed E-state index contributed by atoms with van der Waals surface area (Å²) in [5.74, 6) is 1.12. The van der Waals surface area contributed by atoms with Crippen LogP contribution in [0.25, 0.3) is 0 Å². The van der Waals surface area contributed by atoms with Crippen molar-refractivity contribution in [1.82, 2.24) is 10.2 Å². The molecule has 0 amide bonds. The lowest BCUT2D eigenvalue weighted by atomic mass is 10.0. The Labute approximate surface area is 155 Å². The van der Waals surface area contributed by atoms with Crippen LogP contribution in [0.4, 0.5) is 17.4 Å². The zero-order chi connectivity index (χ0) is 19.4. The lowest BCUT2D eigenvalue weighted by molar-refractivity contribution is -0.385. The quantitative estimate of drug-likeness (QED) is 0.479. The molecule has 0 radical (unpaired) electrons. The minimum absolute atomic E-state index is 0.0151. The van der Waals surface area contributed by atoms with Crippen molar-refractivity contribution in [3.8, 4) is 5.75 Å². The summed E-state index contributed by atoms with van der Waals surface area (Å²) in [7, 11) is 1.60. The number of anilines is 2. The van der Waals surface area contributed by atoms with Gasteiger partial charge < -0.3 is 20.2 Å². The third-order valence-corrected chi connectivity index (χ3v) is 4.06. The molecule has 2 aromatic carbocycles. The van der Waals surface area contributed by atoms with E-state index in [1.165, 1.54) is 6.07 Å². The lowest BCUT2D eigenvalue weighted by Crippen LogP contribution is -2.13. The number of methoxy groups -OCH3 is 1. The Morgan fingerprint density at radius 3 is 2.67 bits per heavy atom. The highest BCUT2D eigenvalue weighted by Gasteiger charge is 2.15. The van der Waals surface area contributed by atoms with E-state index in [1.807, 2.05) is 24.3 Å². The van der Waals surface area contributed by atoms with Gasteiger partial charge in [-0.25, -0.2) is 0 Å². The Morgan fingerprint density at radius 2 is 2.00 bits per heavy atom. The van der Waals surface area contributed by atoms with Crippen molar-refractivity contribution in [1.29, 1.82) is 0 Å². The molecule has 3 aromatic rings. The van der Waals surface area contributed by atoms with Crippen LogP contribution in [-0.4, -0.2) is 22.2 Å². The molecule has 0 bridgehead atoms. The highest BCUT2D eigenvalue weighted by Crippen LogP contribution is 2.25. The van der Waals surface area contributed by atoms with Crippen molar-refractivity contribution in [2.75, 3.05) is 12.4 Å². The van der Waals surface area contributed by atoms with Gasteiger partial charge in [0.05, 0.1) is 12.0 Å². The molecule has 3 rings (SSSR count). The van der Waals surface area contributed by atoms with Crippen molar-refractivity contribution in [3.63, 3.8) is 0 Å². The number of nitrogens with one attached hydrogen (secondary N) is 1. The van der Waals surface area contributed by atoms with Crippen molar-refractivity contribution in [2.45, 2.75) is 19.4 Å². The Balaban J connectivity index is 1.67. The zero-order valence-corrected chi connectivity index (χ0v) is 14.9. The molecule has 1 heterocycles. The van der Waals surface area contributed by atoms with Gasteiger partial charge in [-0.15, -0.1) is 5.10 Å². The number of benzene rings is 2. The van der Waals surface area contributed by atoms with Gasteiger partial charge in [0.2, 0.25) is 5.89 Å². The summed E-state index contributed by atoms with van der Waals surface area (Å²) in [5.41, 5.74) is 8.18. The van der Waals surface area contributed by atoms with Gasteiger partial charge in [-0.2, -0.15) is 0 Å². The van der Waals surface area contributed by atoms with Crippen LogP contribution >= 0.6 is 0 Å². The summed E-state index contributed by atoms with van der Waals surface area (Å²) in [6.45, 7) is 1.67. The van der Waals surface area contributed by atoms with Gasteiger partial charge in [0.15, 0.2) is 0 Å². The van der Waals surface area contributed by atoms with E-state index >= 15 is 0 Å². The number of ether oxygens (including phenoxy) is 1. The summed E-state index contributed by atoms with van der Waals surface area (Å²) < 4.78 is 10.7. The second-order valence-corrected chi connectivity index (χ2v) is 5.97. The van der Waals surface area contributed by atoms with Crippen LogP contribution in [-0.2, 0) is 6.42 Å². The van der Waals surface area contributed by atoms with E-state index in [0.717, 1.165) is 11.3 Å². The fourth-order valence-corrected chi connectivity index (χ4v) is 2.55. The summed E-state index contributed by atoms with van der Waals surface area (Å²) in [6.07, 6.45) is 0.356. The number of aromatic nitrogens is 2. The van der Waals surface area contributed by atoms with Crippen LogP contribution in [0.5, 0.6) is 5.75 Å². The minimum atomic E-state index is -0.437. The fourth-order valence-electron chi connectivity index (χ4n) is 2.55. The Kier molecular flexibility index (Phi) is 5.32. The van der Waals surface area contributed by atoms with Crippen LogP contribution in [0.2, 0.25) is 0 Å². The first-order valence-electron chi connectivity index (χ1n) is 8.20. The van der Waals surface area contributed by atoms with E-state index in [2.05, 4.69) is 15.5 Å². The van der Waals surface area contributed by atoms with Crippen LogP contribution in [0.1, 0.15) is 23.1 Å². The molecule has 1 unspecified atom stereocenters. The predicted molar refractivity (Wildman–Crippen MR) is 99.0 cm³/mol. The molecule has 9 nitrogen and oxygen atoms in total. The molecule has 27 heavy (non-hydrogen) atoms. The van der Waals surface area contributed by atoms with Crippen LogP contribution in [0.15, 0.2) is 46.9 Å². The molecule has 0 aliphatic rings. The normalized spacial score (nSPS) is 11.8. The highest BCUT2D eigenvalue weighted by atomic mass is 16.6. The first kappa shape index (κ1) is 18.3. The summed E-state index contributed by atoms with van der Waals surface area (Å²) >= 11 is 0. The predicted octanol–water partition coefficient (Wildman–Crippen LogP) is 3.28. The van der Waals surface area contributed by atoms with Gasteiger partial charge in [-0.05, 0) is 30.7 Å². The summed E-state index contributed by atoms with van der Waals surface area (Å²) in [4.78, 5) is 10.6. The number of hydrogen-bond acceptors (Lipinski definition) is 8. The van der Waals surface area contributed by atoms with Crippen molar-refractivity contribution >= 4 is 17.4 Å². The van der Waals surface area contributed by atoms with E-state index in [0.29, 0.717) is 23.6 Å². The second-order valence-electron chi connectivity index (χ2n) is 5.97. The van der Waals surface area contributed by atoms with Crippen molar-refractivity contribution in [3.05, 3.63) is 69.6 Å². The summed E-state index contributed by atoms with van der Waals surface area (Å²) in [5, 5.41) is 21.8. The molecule has 0 aliphatic heterocycles. The van der Waals surface area contributed by atoms with Gasteiger partial charge in [-0.3, -0.25) is 10.1 Å². The van der Waals surface area contributed by atoms with Gasteiger partial charge in [0.25, 0.3) is 5.69 Å². The topological polar surface area (TPSA) is 129 Å². The number of aryl methyl sites for hydroxylation is 1. The second kappa shape index (κ2) is 7.83.